The molecule has 0 rings (SSSR count). The summed E-state index contributed by atoms with van der Waals surface area (Å²) in [7, 11) is 0. The molecule has 0 aliphatic heterocycles. The number of rotatable bonds is 1. The lowest BCUT2D eigenvalue weighted by Gasteiger charge is -1.85. The summed E-state index contributed by atoms with van der Waals surface area (Å²) in [6.45, 7) is 1.86. The normalized spacial score (nSPS) is 15.0. The van der Waals surface area contributed by atoms with Crippen molar-refractivity contribution >= 4 is 23.2 Å². The Labute approximate surface area is 42.1 Å². The minimum absolute atomic E-state index is 0.122. The van der Waals surface area contributed by atoms with Crippen molar-refractivity contribution in [2.24, 2.45) is 0 Å². The molecule has 0 saturated carbocycles. The lowest BCUT2D eigenvalue weighted by Crippen LogP contribution is -1.87. The molecule has 0 aromatic carbocycles. The van der Waals surface area contributed by atoms with E-state index in [1.807, 2.05) is 6.92 Å². The fourth-order valence-corrected chi connectivity index (χ4v) is 0. The molecule has 0 N–H and O–H groups in total. The van der Waals surface area contributed by atoms with Crippen LogP contribution in [0.25, 0.3) is 0 Å². The molecule has 0 bridgehead atoms. The van der Waals surface area contributed by atoms with Gasteiger partial charge in [-0.05, 0) is 6.92 Å². The topological polar surface area (TPSA) is 0 Å². The van der Waals surface area contributed by atoms with E-state index in [-0.39, 0.29) is 5.38 Å². The molecule has 0 fully saturated rings. The molecule has 0 saturated heterocycles. The highest BCUT2D eigenvalue weighted by atomic mass is 35.5. The van der Waals surface area contributed by atoms with Crippen LogP contribution >= 0.6 is 23.2 Å². The van der Waals surface area contributed by atoms with Gasteiger partial charge in [0.1, 0.15) is 0 Å². The van der Waals surface area contributed by atoms with E-state index in [9.17, 15) is 0 Å². The number of alkyl halides is 2. The van der Waals surface area contributed by atoms with Crippen molar-refractivity contribution in [2.45, 2.75) is 12.3 Å². The van der Waals surface area contributed by atoms with Gasteiger partial charge >= 0.3 is 0 Å². The van der Waals surface area contributed by atoms with E-state index in [1.165, 1.54) is 0 Å². The van der Waals surface area contributed by atoms with Crippen LogP contribution in [0.5, 0.6) is 0 Å². The maximum atomic E-state index is 5.33. The SMILES string of the molecule is C[C@@H](Cl)CCl. The molecular weight excluding hydrogens is 107 g/mol. The van der Waals surface area contributed by atoms with Crippen molar-refractivity contribution in [3.63, 3.8) is 0 Å². The molecular formula is C3H6Cl2. The summed E-state index contributed by atoms with van der Waals surface area (Å²) < 4.78 is 0. The van der Waals surface area contributed by atoms with Crippen LogP contribution in [0.4, 0.5) is 0 Å². The predicted molar refractivity (Wildman–Crippen MR) is 26.0 cm³/mol. The Bertz CT molecular complexity index is 18.9. The molecule has 2 heteroatoms. The Hall–Kier alpha value is 0.580. The predicted octanol–water partition coefficient (Wildman–Crippen LogP) is 1.85. The standard InChI is InChI=1S/C3H6Cl2/c1-3(5)2-4/h3H,2H2,1H3/t3-/m1/s1. The molecule has 32 valence electrons. The molecule has 5 heavy (non-hydrogen) atoms. The van der Waals surface area contributed by atoms with Crippen LogP contribution in [-0.4, -0.2) is 11.3 Å². The highest BCUT2D eigenvalue weighted by Crippen LogP contribution is 1.93. The van der Waals surface area contributed by atoms with E-state index in [0.29, 0.717) is 5.88 Å². The Kier molecular flexibility index (Phi) is 3.12. The summed E-state index contributed by atoms with van der Waals surface area (Å²) in [5.41, 5.74) is 0. The van der Waals surface area contributed by atoms with Crippen molar-refractivity contribution in [3.05, 3.63) is 0 Å². The largest absolute Gasteiger partial charge is 0.125 e. The minimum atomic E-state index is 0.122. The van der Waals surface area contributed by atoms with Gasteiger partial charge in [0.05, 0.1) is 0 Å². The van der Waals surface area contributed by atoms with Crippen molar-refractivity contribution in [1.29, 1.82) is 0 Å². The van der Waals surface area contributed by atoms with Gasteiger partial charge < -0.3 is 0 Å². The highest BCUT2D eigenvalue weighted by Gasteiger charge is 1.85. The van der Waals surface area contributed by atoms with E-state index < -0.39 is 0 Å². The molecule has 1 atom stereocenters. The van der Waals surface area contributed by atoms with Gasteiger partial charge in [0.15, 0.2) is 0 Å². The summed E-state index contributed by atoms with van der Waals surface area (Å²) in [6.07, 6.45) is 0. The lowest BCUT2D eigenvalue weighted by atomic mass is 10.6. The molecule has 0 aromatic heterocycles. The van der Waals surface area contributed by atoms with Gasteiger partial charge in [0.25, 0.3) is 0 Å². The molecule has 0 aliphatic rings. The molecule has 0 radical (unpaired) electrons. The average molecular weight is 113 g/mol. The van der Waals surface area contributed by atoms with E-state index in [1.54, 1.807) is 0 Å². The van der Waals surface area contributed by atoms with Gasteiger partial charge in [-0.2, -0.15) is 0 Å². The lowest BCUT2D eigenvalue weighted by molar-refractivity contribution is 1.11. The number of hydrogen-bond acceptors (Lipinski definition) is 0. The van der Waals surface area contributed by atoms with Crippen LogP contribution in [0.2, 0.25) is 0 Å². The van der Waals surface area contributed by atoms with E-state index in [2.05, 4.69) is 0 Å². The smallest absolute Gasteiger partial charge is 0.0443 e. The second-order valence-electron chi connectivity index (χ2n) is 0.935. The van der Waals surface area contributed by atoms with Crippen LogP contribution in [0.1, 0.15) is 6.92 Å². The molecule has 0 aromatic rings. The minimum Gasteiger partial charge on any atom is -0.125 e. The van der Waals surface area contributed by atoms with E-state index in [0.717, 1.165) is 0 Å². The fraction of sp³-hybridized carbons (Fsp3) is 1.00. The zero-order valence-electron chi connectivity index (χ0n) is 3.04. The van der Waals surface area contributed by atoms with Crippen molar-refractivity contribution in [3.8, 4) is 0 Å². The Morgan fingerprint density at radius 3 is 2.00 bits per heavy atom. The zero-order valence-corrected chi connectivity index (χ0v) is 4.55. The van der Waals surface area contributed by atoms with Crippen LogP contribution in [0, 0.1) is 0 Å². The van der Waals surface area contributed by atoms with Gasteiger partial charge in [0.2, 0.25) is 0 Å². The summed E-state index contributed by atoms with van der Waals surface area (Å²) in [6, 6.07) is 0. The van der Waals surface area contributed by atoms with Crippen LogP contribution < -0.4 is 0 Å². The number of halogens is 2. The van der Waals surface area contributed by atoms with Gasteiger partial charge in [0, 0.05) is 11.3 Å². The second-order valence-corrected chi connectivity index (χ2v) is 1.99. The molecule has 0 amide bonds. The first-order valence-corrected chi connectivity index (χ1v) is 2.44. The Morgan fingerprint density at radius 1 is 1.80 bits per heavy atom. The first-order chi connectivity index (χ1) is 2.27. The van der Waals surface area contributed by atoms with E-state index in [4.69, 9.17) is 23.2 Å². The molecule has 0 heterocycles. The highest BCUT2D eigenvalue weighted by molar-refractivity contribution is 6.27. The third kappa shape index (κ3) is 4.58. The third-order valence-corrected chi connectivity index (χ3v) is 0.988. The zero-order chi connectivity index (χ0) is 4.28. The Morgan fingerprint density at radius 2 is 2.00 bits per heavy atom. The van der Waals surface area contributed by atoms with Crippen molar-refractivity contribution < 1.29 is 0 Å². The third-order valence-electron chi connectivity index (χ3n) is 0.213. The summed E-state index contributed by atoms with van der Waals surface area (Å²) in [5, 5.41) is 0.122. The second kappa shape index (κ2) is 2.80. The summed E-state index contributed by atoms with van der Waals surface area (Å²) in [4.78, 5) is 0. The first kappa shape index (κ1) is 5.58. The summed E-state index contributed by atoms with van der Waals surface area (Å²) >= 11 is 10.5. The maximum absolute atomic E-state index is 5.33. The average Bonchev–Trinajstić information content (AvgIpc) is 1.38. The van der Waals surface area contributed by atoms with Crippen LogP contribution in [-0.2, 0) is 0 Å². The molecule has 0 spiro atoms. The monoisotopic (exact) mass is 112 g/mol. The first-order valence-electron chi connectivity index (χ1n) is 1.47. The van der Waals surface area contributed by atoms with Gasteiger partial charge in [-0.3, -0.25) is 0 Å². The summed E-state index contributed by atoms with van der Waals surface area (Å²) in [5.74, 6) is 0.543. The van der Waals surface area contributed by atoms with Crippen molar-refractivity contribution in [1.82, 2.24) is 0 Å². The van der Waals surface area contributed by atoms with Gasteiger partial charge in [-0.15, -0.1) is 23.2 Å². The van der Waals surface area contributed by atoms with E-state index >= 15 is 0 Å². The van der Waals surface area contributed by atoms with Crippen molar-refractivity contribution in [2.75, 3.05) is 5.88 Å². The van der Waals surface area contributed by atoms with Gasteiger partial charge in [-0.1, -0.05) is 0 Å². The fourth-order valence-electron chi connectivity index (χ4n) is 0. The quantitative estimate of drug-likeness (QED) is 0.455. The van der Waals surface area contributed by atoms with Gasteiger partial charge in [-0.25, -0.2) is 0 Å². The molecule has 0 aliphatic carbocycles. The molecule has 0 unspecified atom stereocenters. The maximum Gasteiger partial charge on any atom is 0.0443 e. The van der Waals surface area contributed by atoms with Crippen LogP contribution in [0.15, 0.2) is 0 Å². The molecule has 0 nitrogen and oxygen atoms in total. The van der Waals surface area contributed by atoms with Crippen LogP contribution in [0.3, 0.4) is 0 Å². The Balaban J connectivity index is 2.54. The number of hydrogen-bond donors (Lipinski definition) is 0.